The van der Waals surface area contributed by atoms with Gasteiger partial charge in [0.25, 0.3) is 0 Å². The number of hydrogen-bond donors (Lipinski definition) is 1. The minimum Gasteiger partial charge on any atom is -0.268 e. The van der Waals surface area contributed by atoms with E-state index in [2.05, 4.69) is 15.5 Å². The van der Waals surface area contributed by atoms with Crippen LogP contribution >= 0.6 is 0 Å². The lowest BCUT2D eigenvalue weighted by Crippen LogP contribution is -2.18. The third-order valence-electron chi connectivity index (χ3n) is 1.70. The zero-order chi connectivity index (χ0) is 8.23. The van der Waals surface area contributed by atoms with Gasteiger partial charge in [-0.1, -0.05) is 30.3 Å². The van der Waals surface area contributed by atoms with Crippen molar-refractivity contribution in [3.05, 3.63) is 35.9 Å². The van der Waals surface area contributed by atoms with Gasteiger partial charge in [-0.15, -0.1) is 0 Å². The molecule has 1 N–H and O–H groups in total. The SMILES string of the molecule is C1=NCC(c2ccccc2)=NN1. The van der Waals surface area contributed by atoms with Crippen LogP contribution in [0.1, 0.15) is 5.56 Å². The number of nitrogens with one attached hydrogen (secondary N) is 1. The Bertz CT molecular complexity index is 314. The molecule has 0 aliphatic carbocycles. The lowest BCUT2D eigenvalue weighted by molar-refractivity contribution is 0.996. The Hall–Kier alpha value is -1.64. The Morgan fingerprint density at radius 1 is 1.17 bits per heavy atom. The minimum absolute atomic E-state index is 0.664. The van der Waals surface area contributed by atoms with Gasteiger partial charge in [0, 0.05) is 0 Å². The van der Waals surface area contributed by atoms with E-state index in [9.17, 15) is 0 Å². The molecule has 0 bridgehead atoms. The first-order valence-corrected chi connectivity index (χ1v) is 3.82. The fraction of sp³-hybridized carbons (Fsp3) is 0.111. The second kappa shape index (κ2) is 3.17. The average molecular weight is 159 g/mol. The van der Waals surface area contributed by atoms with Gasteiger partial charge in [0.05, 0.1) is 12.3 Å². The van der Waals surface area contributed by atoms with E-state index in [1.165, 1.54) is 0 Å². The normalized spacial score (nSPS) is 15.2. The van der Waals surface area contributed by atoms with Gasteiger partial charge < -0.3 is 0 Å². The molecular formula is C9H9N3. The van der Waals surface area contributed by atoms with Gasteiger partial charge in [-0.3, -0.25) is 10.4 Å². The molecule has 0 unspecified atom stereocenters. The molecule has 1 aromatic rings. The molecule has 0 saturated heterocycles. The largest absolute Gasteiger partial charge is 0.268 e. The molecule has 0 fully saturated rings. The third kappa shape index (κ3) is 1.34. The fourth-order valence-corrected chi connectivity index (χ4v) is 1.10. The summed E-state index contributed by atoms with van der Waals surface area (Å²) in [5.41, 5.74) is 4.84. The molecule has 3 nitrogen and oxygen atoms in total. The van der Waals surface area contributed by atoms with Crippen molar-refractivity contribution >= 4 is 12.1 Å². The summed E-state index contributed by atoms with van der Waals surface area (Å²) in [6, 6.07) is 10.0. The number of rotatable bonds is 1. The molecule has 1 heterocycles. The summed E-state index contributed by atoms with van der Waals surface area (Å²) in [7, 11) is 0. The Labute approximate surface area is 70.8 Å². The van der Waals surface area contributed by atoms with Crippen molar-refractivity contribution in [3.8, 4) is 0 Å². The highest BCUT2D eigenvalue weighted by molar-refractivity contribution is 6.03. The zero-order valence-corrected chi connectivity index (χ0v) is 6.57. The van der Waals surface area contributed by atoms with E-state index in [-0.39, 0.29) is 0 Å². The van der Waals surface area contributed by atoms with Crippen LogP contribution in [0, 0.1) is 0 Å². The highest BCUT2D eigenvalue weighted by Gasteiger charge is 2.02. The lowest BCUT2D eigenvalue weighted by atomic mass is 10.1. The maximum Gasteiger partial charge on any atom is 0.103 e. The molecule has 1 aliphatic heterocycles. The second-order valence-corrected chi connectivity index (χ2v) is 2.52. The number of hydrogen-bond acceptors (Lipinski definition) is 3. The summed E-state index contributed by atoms with van der Waals surface area (Å²) in [6.45, 7) is 0.664. The molecular weight excluding hydrogens is 150 g/mol. The zero-order valence-electron chi connectivity index (χ0n) is 6.57. The van der Waals surface area contributed by atoms with Crippen LogP contribution in [0.15, 0.2) is 40.4 Å². The van der Waals surface area contributed by atoms with E-state index in [0.29, 0.717) is 6.54 Å². The Morgan fingerprint density at radius 2 is 2.00 bits per heavy atom. The van der Waals surface area contributed by atoms with E-state index in [1.807, 2.05) is 30.3 Å². The summed E-state index contributed by atoms with van der Waals surface area (Å²) in [4.78, 5) is 4.07. The summed E-state index contributed by atoms with van der Waals surface area (Å²) >= 11 is 0. The number of nitrogens with zero attached hydrogens (tertiary/aromatic N) is 2. The van der Waals surface area contributed by atoms with Crippen molar-refractivity contribution < 1.29 is 0 Å². The molecule has 0 amide bonds. The van der Waals surface area contributed by atoms with Crippen molar-refractivity contribution in [1.29, 1.82) is 0 Å². The maximum atomic E-state index is 4.12. The van der Waals surface area contributed by atoms with Gasteiger partial charge in [0.15, 0.2) is 0 Å². The van der Waals surface area contributed by atoms with Gasteiger partial charge in [-0.2, -0.15) is 5.10 Å². The molecule has 60 valence electrons. The standard InChI is InChI=1S/C9H9N3/c1-2-4-8(5-3-1)9-6-10-7-11-12-9/h1-5,7H,6H2,(H,10,11). The Balaban J connectivity index is 2.26. The lowest BCUT2D eigenvalue weighted by Gasteiger charge is -2.06. The molecule has 12 heavy (non-hydrogen) atoms. The van der Waals surface area contributed by atoms with E-state index < -0.39 is 0 Å². The van der Waals surface area contributed by atoms with Gasteiger partial charge in [0.1, 0.15) is 6.34 Å². The molecule has 0 atom stereocenters. The molecule has 0 aromatic heterocycles. The summed E-state index contributed by atoms with van der Waals surface area (Å²) < 4.78 is 0. The predicted octanol–water partition coefficient (Wildman–Crippen LogP) is 1.02. The molecule has 2 rings (SSSR count). The molecule has 0 radical (unpaired) electrons. The van der Waals surface area contributed by atoms with Crippen molar-refractivity contribution in [2.45, 2.75) is 0 Å². The van der Waals surface area contributed by atoms with Crippen LogP contribution in [0.5, 0.6) is 0 Å². The van der Waals surface area contributed by atoms with Crippen LogP contribution in [0.2, 0.25) is 0 Å². The monoisotopic (exact) mass is 159 g/mol. The summed E-state index contributed by atoms with van der Waals surface area (Å²) in [5, 5.41) is 4.12. The van der Waals surface area contributed by atoms with Crippen LogP contribution in [0.4, 0.5) is 0 Å². The third-order valence-corrected chi connectivity index (χ3v) is 1.70. The summed E-state index contributed by atoms with van der Waals surface area (Å²) in [5.74, 6) is 0. The predicted molar refractivity (Wildman–Crippen MR) is 49.5 cm³/mol. The van der Waals surface area contributed by atoms with E-state index in [1.54, 1.807) is 6.34 Å². The van der Waals surface area contributed by atoms with Gasteiger partial charge in [0.2, 0.25) is 0 Å². The van der Waals surface area contributed by atoms with Crippen molar-refractivity contribution in [2.24, 2.45) is 10.1 Å². The van der Waals surface area contributed by atoms with E-state index in [4.69, 9.17) is 0 Å². The number of aliphatic imine (C=N–C) groups is 1. The first kappa shape index (κ1) is 7.03. The molecule has 3 heteroatoms. The average Bonchev–Trinajstić information content (AvgIpc) is 2.21. The van der Waals surface area contributed by atoms with Crippen LogP contribution in [0.25, 0.3) is 0 Å². The molecule has 1 aromatic carbocycles. The quantitative estimate of drug-likeness (QED) is 0.652. The van der Waals surface area contributed by atoms with Crippen molar-refractivity contribution in [2.75, 3.05) is 6.54 Å². The van der Waals surface area contributed by atoms with E-state index in [0.717, 1.165) is 11.3 Å². The maximum absolute atomic E-state index is 4.12. The number of benzene rings is 1. The summed E-state index contributed by atoms with van der Waals surface area (Å²) in [6.07, 6.45) is 1.60. The van der Waals surface area contributed by atoms with Crippen LogP contribution in [-0.2, 0) is 0 Å². The number of hydrazone groups is 1. The Kier molecular flexibility index (Phi) is 1.86. The first-order valence-electron chi connectivity index (χ1n) is 3.82. The Morgan fingerprint density at radius 3 is 2.67 bits per heavy atom. The highest BCUT2D eigenvalue weighted by atomic mass is 15.3. The van der Waals surface area contributed by atoms with Crippen LogP contribution in [-0.4, -0.2) is 18.6 Å². The van der Waals surface area contributed by atoms with Crippen LogP contribution in [0.3, 0.4) is 0 Å². The van der Waals surface area contributed by atoms with Crippen LogP contribution < -0.4 is 5.43 Å². The van der Waals surface area contributed by atoms with E-state index >= 15 is 0 Å². The van der Waals surface area contributed by atoms with Gasteiger partial charge in [-0.05, 0) is 5.56 Å². The second-order valence-electron chi connectivity index (χ2n) is 2.52. The van der Waals surface area contributed by atoms with Crippen molar-refractivity contribution in [3.63, 3.8) is 0 Å². The van der Waals surface area contributed by atoms with Gasteiger partial charge in [-0.25, -0.2) is 0 Å². The first-order chi connectivity index (χ1) is 5.97. The topological polar surface area (TPSA) is 36.8 Å². The van der Waals surface area contributed by atoms with Crippen molar-refractivity contribution in [1.82, 2.24) is 5.43 Å². The minimum atomic E-state index is 0.664. The fourth-order valence-electron chi connectivity index (χ4n) is 1.10. The molecule has 0 spiro atoms. The highest BCUT2D eigenvalue weighted by Crippen LogP contribution is 2.02. The molecule has 1 aliphatic rings. The van der Waals surface area contributed by atoms with Gasteiger partial charge >= 0.3 is 0 Å². The smallest absolute Gasteiger partial charge is 0.103 e. The molecule has 0 saturated carbocycles.